The quantitative estimate of drug-likeness (QED) is 0.831. The van der Waals surface area contributed by atoms with Crippen molar-refractivity contribution in [1.29, 1.82) is 0 Å². The van der Waals surface area contributed by atoms with Gasteiger partial charge in [0.25, 0.3) is 10.0 Å². The number of hydrogen-bond acceptors (Lipinski definition) is 4. The Bertz CT molecular complexity index is 644. The van der Waals surface area contributed by atoms with Crippen LogP contribution in [-0.4, -0.2) is 24.8 Å². The van der Waals surface area contributed by atoms with E-state index in [1.54, 1.807) is 18.2 Å². The normalized spacial score (nSPS) is 20.1. The van der Waals surface area contributed by atoms with Crippen LogP contribution in [0.2, 0.25) is 0 Å². The molecule has 0 spiro atoms. The van der Waals surface area contributed by atoms with Gasteiger partial charge in [-0.25, -0.2) is 0 Å². The van der Waals surface area contributed by atoms with Crippen LogP contribution < -0.4 is 0 Å². The van der Waals surface area contributed by atoms with E-state index in [9.17, 15) is 18.6 Å². The van der Waals surface area contributed by atoms with Crippen LogP contribution in [0.25, 0.3) is 0 Å². The van der Waals surface area contributed by atoms with Gasteiger partial charge in [-0.05, 0) is 30.7 Å². The molecule has 0 aromatic heterocycles. The molecule has 6 heteroatoms. The van der Waals surface area contributed by atoms with Gasteiger partial charge in [0.05, 0.1) is 4.90 Å². The summed E-state index contributed by atoms with van der Waals surface area (Å²) in [5.74, 6) is -0.815. The first-order valence-corrected chi connectivity index (χ1v) is 7.09. The molecule has 0 radical (unpaired) electrons. The number of sulfonamides is 1. The maximum atomic E-state index is 11.9. The Morgan fingerprint density at radius 1 is 1.16 bits per heavy atom. The summed E-state index contributed by atoms with van der Waals surface area (Å²) in [6, 6.07) is 7.89. The summed E-state index contributed by atoms with van der Waals surface area (Å²) in [6.07, 6.45) is 4.42. The molecule has 5 nitrogen and oxygen atoms in total. The summed E-state index contributed by atoms with van der Waals surface area (Å²) in [7, 11) is -3.72. The number of rotatable bonds is 3. The monoisotopic (exact) mass is 279 g/mol. The lowest BCUT2D eigenvalue weighted by Gasteiger charge is -2.11. The van der Waals surface area contributed by atoms with Gasteiger partial charge in [-0.1, -0.05) is 18.2 Å². The van der Waals surface area contributed by atoms with E-state index in [0.717, 1.165) is 0 Å². The van der Waals surface area contributed by atoms with Gasteiger partial charge in [-0.2, -0.15) is 12.8 Å². The SMILES string of the molecule is O=S(=O)(N=C[C@@H]1C=C(O)C(O)=CC1)c1ccccc1. The molecule has 2 N–H and O–H groups in total. The second kappa shape index (κ2) is 5.27. The zero-order chi connectivity index (χ0) is 13.9. The second-order valence-electron chi connectivity index (χ2n) is 4.08. The van der Waals surface area contributed by atoms with E-state index in [0.29, 0.717) is 6.42 Å². The van der Waals surface area contributed by atoms with Crippen LogP contribution in [0.4, 0.5) is 0 Å². The van der Waals surface area contributed by atoms with E-state index >= 15 is 0 Å². The molecule has 2 rings (SSSR count). The van der Waals surface area contributed by atoms with Crippen molar-refractivity contribution in [1.82, 2.24) is 0 Å². The molecule has 0 unspecified atom stereocenters. The van der Waals surface area contributed by atoms with Crippen molar-refractivity contribution in [3.8, 4) is 0 Å². The number of benzene rings is 1. The largest absolute Gasteiger partial charge is 0.504 e. The van der Waals surface area contributed by atoms with E-state index in [-0.39, 0.29) is 22.3 Å². The van der Waals surface area contributed by atoms with Crippen LogP contribution in [-0.2, 0) is 10.0 Å². The predicted molar refractivity (Wildman–Crippen MR) is 71.7 cm³/mol. The molecule has 0 saturated heterocycles. The maximum absolute atomic E-state index is 11.9. The van der Waals surface area contributed by atoms with Gasteiger partial charge >= 0.3 is 0 Å². The third-order valence-electron chi connectivity index (χ3n) is 2.65. The standard InChI is InChI=1S/C13H13NO4S/c15-12-7-6-10(8-13(12)16)9-14-19(17,18)11-4-2-1-3-5-11/h1-5,7-10,15-16H,6H2/t10-/m0/s1. The third kappa shape index (κ3) is 3.23. The first-order chi connectivity index (χ1) is 8.99. The Labute approximate surface area is 111 Å². The summed E-state index contributed by atoms with van der Waals surface area (Å²) >= 11 is 0. The Morgan fingerprint density at radius 3 is 2.47 bits per heavy atom. The van der Waals surface area contributed by atoms with Crippen molar-refractivity contribution < 1.29 is 18.6 Å². The molecule has 19 heavy (non-hydrogen) atoms. The maximum Gasteiger partial charge on any atom is 0.281 e. The fraction of sp³-hybridized carbons (Fsp3) is 0.154. The summed E-state index contributed by atoms with van der Waals surface area (Å²) in [5, 5.41) is 18.5. The molecule has 1 aliphatic rings. The molecule has 1 aromatic carbocycles. The smallest absolute Gasteiger partial charge is 0.281 e. The minimum Gasteiger partial charge on any atom is -0.504 e. The van der Waals surface area contributed by atoms with Crippen molar-refractivity contribution in [2.45, 2.75) is 11.3 Å². The van der Waals surface area contributed by atoms with Gasteiger partial charge in [0.15, 0.2) is 11.5 Å². The minimum absolute atomic E-state index is 0.119. The molecule has 0 amide bonds. The Morgan fingerprint density at radius 2 is 1.84 bits per heavy atom. The highest BCUT2D eigenvalue weighted by Crippen LogP contribution is 2.19. The molecule has 0 aliphatic heterocycles. The van der Waals surface area contributed by atoms with Crippen molar-refractivity contribution in [3.05, 3.63) is 54.0 Å². The number of aliphatic hydroxyl groups is 2. The van der Waals surface area contributed by atoms with E-state index in [1.165, 1.54) is 30.5 Å². The first-order valence-electron chi connectivity index (χ1n) is 5.65. The van der Waals surface area contributed by atoms with Crippen LogP contribution in [0.3, 0.4) is 0 Å². The fourth-order valence-electron chi connectivity index (χ4n) is 1.62. The van der Waals surface area contributed by atoms with Crippen molar-refractivity contribution in [2.24, 2.45) is 10.3 Å². The van der Waals surface area contributed by atoms with Gasteiger partial charge in [0, 0.05) is 12.1 Å². The third-order valence-corrected chi connectivity index (χ3v) is 3.92. The Hall–Kier alpha value is -2.08. The van der Waals surface area contributed by atoms with Gasteiger partial charge in [-0.15, -0.1) is 0 Å². The number of nitrogens with zero attached hydrogens (tertiary/aromatic N) is 1. The second-order valence-corrected chi connectivity index (χ2v) is 5.72. The molecule has 0 fully saturated rings. The van der Waals surface area contributed by atoms with E-state index < -0.39 is 10.0 Å². The molecule has 0 saturated carbocycles. The molecule has 0 heterocycles. The predicted octanol–water partition coefficient (Wildman–Crippen LogP) is 2.35. The fourth-order valence-corrected chi connectivity index (χ4v) is 2.56. The van der Waals surface area contributed by atoms with Gasteiger partial charge in [0.2, 0.25) is 0 Å². The zero-order valence-corrected chi connectivity index (χ0v) is 10.8. The summed E-state index contributed by atoms with van der Waals surface area (Å²) in [4.78, 5) is 0.119. The van der Waals surface area contributed by atoms with Gasteiger partial charge in [-0.3, -0.25) is 0 Å². The summed E-state index contributed by atoms with van der Waals surface area (Å²) < 4.78 is 27.3. The van der Waals surface area contributed by atoms with Crippen molar-refractivity contribution in [2.75, 3.05) is 0 Å². The van der Waals surface area contributed by atoms with Crippen LogP contribution in [0.1, 0.15) is 6.42 Å². The van der Waals surface area contributed by atoms with Gasteiger partial charge in [0.1, 0.15) is 0 Å². The van der Waals surface area contributed by atoms with Crippen molar-refractivity contribution in [3.63, 3.8) is 0 Å². The van der Waals surface area contributed by atoms with Crippen molar-refractivity contribution >= 4 is 16.2 Å². The lowest BCUT2D eigenvalue weighted by atomic mass is 10.0. The lowest BCUT2D eigenvalue weighted by molar-refractivity contribution is 0.317. The molecule has 1 aromatic rings. The highest BCUT2D eigenvalue weighted by Gasteiger charge is 2.15. The van der Waals surface area contributed by atoms with Crippen LogP contribution >= 0.6 is 0 Å². The first kappa shape index (κ1) is 13.4. The molecule has 1 atom stereocenters. The number of aliphatic hydroxyl groups excluding tert-OH is 2. The average Bonchev–Trinajstić information content (AvgIpc) is 2.41. The number of hydrogen-bond donors (Lipinski definition) is 2. The average molecular weight is 279 g/mol. The Balaban J connectivity index is 2.16. The Kier molecular flexibility index (Phi) is 3.71. The lowest BCUT2D eigenvalue weighted by Crippen LogP contribution is -2.07. The molecular weight excluding hydrogens is 266 g/mol. The molecule has 0 bridgehead atoms. The molecule has 1 aliphatic carbocycles. The summed E-state index contributed by atoms with van der Waals surface area (Å²) in [5.41, 5.74) is 0. The van der Waals surface area contributed by atoms with Crippen LogP contribution in [0.15, 0.2) is 63.3 Å². The molecular formula is C13H13NO4S. The number of allylic oxidation sites excluding steroid dienone is 2. The highest BCUT2D eigenvalue weighted by atomic mass is 32.2. The van der Waals surface area contributed by atoms with Crippen LogP contribution in [0, 0.1) is 5.92 Å². The molecule has 100 valence electrons. The van der Waals surface area contributed by atoms with E-state index in [1.807, 2.05) is 0 Å². The minimum atomic E-state index is -3.72. The zero-order valence-electron chi connectivity index (χ0n) is 9.97. The van der Waals surface area contributed by atoms with Gasteiger partial charge < -0.3 is 10.2 Å². The topological polar surface area (TPSA) is 87.0 Å². The van der Waals surface area contributed by atoms with E-state index in [2.05, 4.69) is 4.40 Å². The highest BCUT2D eigenvalue weighted by molar-refractivity contribution is 7.90. The summed E-state index contributed by atoms with van der Waals surface area (Å²) in [6.45, 7) is 0. The van der Waals surface area contributed by atoms with E-state index in [4.69, 9.17) is 0 Å². The van der Waals surface area contributed by atoms with Crippen LogP contribution in [0.5, 0.6) is 0 Å².